The molecule has 29 heavy (non-hydrogen) atoms. The molecule has 0 aromatic heterocycles. The van der Waals surface area contributed by atoms with Crippen LogP contribution >= 0.6 is 0 Å². The highest BCUT2D eigenvalue weighted by Crippen LogP contribution is 2.36. The molecule has 1 amide bonds. The number of rotatable bonds is 5. The molecule has 2 aromatic rings. The van der Waals surface area contributed by atoms with Crippen LogP contribution in [0.3, 0.4) is 0 Å². The summed E-state index contributed by atoms with van der Waals surface area (Å²) in [6.45, 7) is 4.33. The highest BCUT2D eigenvalue weighted by Gasteiger charge is 2.41. The third kappa shape index (κ3) is 4.01. The van der Waals surface area contributed by atoms with E-state index in [-0.39, 0.29) is 23.7 Å². The number of amides is 1. The Kier molecular flexibility index (Phi) is 5.00. The van der Waals surface area contributed by atoms with Crippen molar-refractivity contribution in [3.63, 3.8) is 0 Å². The number of hydrogen-bond acceptors (Lipinski definition) is 3. The molecule has 2 atom stereocenters. The van der Waals surface area contributed by atoms with Crippen molar-refractivity contribution < 1.29 is 9.18 Å². The topological polar surface area (TPSA) is 35.6 Å². The van der Waals surface area contributed by atoms with E-state index in [1.165, 1.54) is 36.2 Å². The van der Waals surface area contributed by atoms with Crippen molar-refractivity contribution in [3.05, 3.63) is 65.5 Å². The second kappa shape index (κ2) is 7.79. The van der Waals surface area contributed by atoms with Crippen molar-refractivity contribution in [3.8, 4) is 0 Å². The second-order valence-corrected chi connectivity index (χ2v) is 8.75. The van der Waals surface area contributed by atoms with Gasteiger partial charge in [0.15, 0.2) is 0 Å². The van der Waals surface area contributed by atoms with Crippen molar-refractivity contribution in [2.75, 3.05) is 31.1 Å². The number of anilines is 1. The number of benzene rings is 2. The summed E-state index contributed by atoms with van der Waals surface area (Å²) >= 11 is 0. The summed E-state index contributed by atoms with van der Waals surface area (Å²) in [6.07, 6.45) is 3.29. The molecular weight excluding hydrogens is 365 g/mol. The van der Waals surface area contributed by atoms with E-state index < -0.39 is 0 Å². The van der Waals surface area contributed by atoms with Crippen molar-refractivity contribution in [1.29, 1.82) is 0 Å². The summed E-state index contributed by atoms with van der Waals surface area (Å²) < 4.78 is 13.2. The SMILES string of the molecule is O=C(NCC1CC1)C1Cc2ccccc2N2CCN(Cc3ccc(F)cc3)CC12. The average Bonchev–Trinajstić information content (AvgIpc) is 3.57. The number of hydrogen-bond donors (Lipinski definition) is 1. The molecule has 5 heteroatoms. The maximum absolute atomic E-state index is 13.2. The molecule has 1 aliphatic carbocycles. The first-order valence-electron chi connectivity index (χ1n) is 10.8. The third-order valence-corrected chi connectivity index (χ3v) is 6.63. The Morgan fingerprint density at radius 1 is 1.07 bits per heavy atom. The van der Waals surface area contributed by atoms with Crippen LogP contribution in [0.4, 0.5) is 10.1 Å². The molecule has 2 fully saturated rings. The molecule has 4 nitrogen and oxygen atoms in total. The molecule has 152 valence electrons. The van der Waals surface area contributed by atoms with Crippen LogP contribution in [0.2, 0.25) is 0 Å². The standard InChI is InChI=1S/C24H28FN3O/c25-20-9-7-18(8-10-20)15-27-11-12-28-22-4-2-1-3-19(22)13-21(23(28)16-27)24(29)26-14-17-5-6-17/h1-4,7-10,17,21,23H,5-6,11-16H2,(H,26,29). The Morgan fingerprint density at radius 2 is 1.86 bits per heavy atom. The number of piperazine rings is 1. The molecule has 2 aromatic carbocycles. The molecule has 5 rings (SSSR count). The van der Waals surface area contributed by atoms with Crippen LogP contribution in [0.1, 0.15) is 24.0 Å². The van der Waals surface area contributed by atoms with E-state index >= 15 is 0 Å². The monoisotopic (exact) mass is 393 g/mol. The maximum atomic E-state index is 13.2. The van der Waals surface area contributed by atoms with Gasteiger partial charge in [-0.3, -0.25) is 9.69 Å². The minimum atomic E-state index is -0.199. The molecule has 2 heterocycles. The minimum Gasteiger partial charge on any atom is -0.365 e. The normalized spacial score (nSPS) is 24.0. The highest BCUT2D eigenvalue weighted by atomic mass is 19.1. The largest absolute Gasteiger partial charge is 0.365 e. The van der Waals surface area contributed by atoms with Gasteiger partial charge < -0.3 is 10.2 Å². The fourth-order valence-electron chi connectivity index (χ4n) is 4.81. The van der Waals surface area contributed by atoms with Crippen LogP contribution in [0, 0.1) is 17.7 Å². The predicted octanol–water partition coefficient (Wildman–Crippen LogP) is 3.22. The number of fused-ring (bicyclic) bond motifs is 3. The summed E-state index contributed by atoms with van der Waals surface area (Å²) in [6, 6.07) is 15.5. The predicted molar refractivity (Wildman–Crippen MR) is 112 cm³/mol. The average molecular weight is 394 g/mol. The third-order valence-electron chi connectivity index (χ3n) is 6.63. The number of halogens is 1. The van der Waals surface area contributed by atoms with Gasteiger partial charge in [-0.2, -0.15) is 0 Å². The first-order valence-corrected chi connectivity index (χ1v) is 10.8. The Morgan fingerprint density at radius 3 is 2.66 bits per heavy atom. The first-order chi connectivity index (χ1) is 14.2. The molecule has 1 N–H and O–H groups in total. The van der Waals surface area contributed by atoms with Gasteiger partial charge in [0.05, 0.1) is 12.0 Å². The number of nitrogens with one attached hydrogen (secondary N) is 1. The summed E-state index contributed by atoms with van der Waals surface area (Å²) in [5, 5.41) is 3.22. The molecule has 0 bridgehead atoms. The lowest BCUT2D eigenvalue weighted by Crippen LogP contribution is -2.61. The number of para-hydroxylation sites is 1. The zero-order valence-corrected chi connectivity index (χ0v) is 16.7. The van der Waals surface area contributed by atoms with Gasteiger partial charge >= 0.3 is 0 Å². The fourth-order valence-corrected chi connectivity index (χ4v) is 4.81. The molecule has 3 aliphatic rings. The van der Waals surface area contributed by atoms with E-state index in [9.17, 15) is 9.18 Å². The molecule has 1 saturated carbocycles. The van der Waals surface area contributed by atoms with Gasteiger partial charge in [0.25, 0.3) is 0 Å². The van der Waals surface area contributed by atoms with Crippen LogP contribution in [-0.4, -0.2) is 43.0 Å². The minimum absolute atomic E-state index is 0.0281. The van der Waals surface area contributed by atoms with Crippen molar-refractivity contribution in [2.45, 2.75) is 31.8 Å². The van der Waals surface area contributed by atoms with Gasteiger partial charge in [-0.05, 0) is 54.5 Å². The van der Waals surface area contributed by atoms with Crippen LogP contribution in [0.5, 0.6) is 0 Å². The van der Waals surface area contributed by atoms with E-state index in [0.717, 1.165) is 44.7 Å². The lowest BCUT2D eigenvalue weighted by atomic mass is 9.83. The Bertz CT molecular complexity index is 880. The molecule has 1 saturated heterocycles. The molecular formula is C24H28FN3O. The quantitative estimate of drug-likeness (QED) is 0.847. The highest BCUT2D eigenvalue weighted by molar-refractivity contribution is 5.82. The molecule has 2 unspecified atom stereocenters. The van der Waals surface area contributed by atoms with Gasteiger partial charge in [0.2, 0.25) is 5.91 Å². The van der Waals surface area contributed by atoms with E-state index in [4.69, 9.17) is 0 Å². The Balaban J connectivity index is 1.35. The van der Waals surface area contributed by atoms with E-state index in [1.54, 1.807) is 0 Å². The molecule has 0 radical (unpaired) electrons. The first kappa shape index (κ1) is 18.6. The fraction of sp³-hybridized carbons (Fsp3) is 0.458. The Labute approximate surface area is 171 Å². The van der Waals surface area contributed by atoms with E-state index in [1.807, 2.05) is 12.1 Å². The zero-order chi connectivity index (χ0) is 19.8. The molecule has 2 aliphatic heterocycles. The smallest absolute Gasteiger partial charge is 0.225 e. The number of nitrogens with zero attached hydrogens (tertiary/aromatic N) is 2. The summed E-state index contributed by atoms with van der Waals surface area (Å²) in [5.74, 6) is 0.659. The van der Waals surface area contributed by atoms with Crippen LogP contribution < -0.4 is 10.2 Å². The van der Waals surface area contributed by atoms with Gasteiger partial charge in [-0.25, -0.2) is 4.39 Å². The van der Waals surface area contributed by atoms with Crippen molar-refractivity contribution in [1.82, 2.24) is 10.2 Å². The Hall–Kier alpha value is -2.40. The van der Waals surface area contributed by atoms with Gasteiger partial charge in [-0.1, -0.05) is 30.3 Å². The van der Waals surface area contributed by atoms with Gasteiger partial charge in [0.1, 0.15) is 5.82 Å². The van der Waals surface area contributed by atoms with E-state index in [0.29, 0.717) is 5.92 Å². The van der Waals surface area contributed by atoms with Crippen LogP contribution in [0.15, 0.2) is 48.5 Å². The summed E-state index contributed by atoms with van der Waals surface area (Å²) in [5.41, 5.74) is 3.68. The van der Waals surface area contributed by atoms with Crippen LogP contribution in [0.25, 0.3) is 0 Å². The van der Waals surface area contributed by atoms with Crippen molar-refractivity contribution in [2.24, 2.45) is 11.8 Å². The number of carbonyl (C=O) groups is 1. The second-order valence-electron chi connectivity index (χ2n) is 8.75. The lowest BCUT2D eigenvalue weighted by Gasteiger charge is -2.49. The summed E-state index contributed by atoms with van der Waals surface area (Å²) in [7, 11) is 0. The van der Waals surface area contributed by atoms with Crippen LogP contribution in [-0.2, 0) is 17.8 Å². The van der Waals surface area contributed by atoms with Gasteiger partial charge in [-0.15, -0.1) is 0 Å². The lowest BCUT2D eigenvalue weighted by molar-refractivity contribution is -0.126. The number of carbonyl (C=O) groups excluding carboxylic acids is 1. The zero-order valence-electron chi connectivity index (χ0n) is 16.7. The van der Waals surface area contributed by atoms with E-state index in [2.05, 4.69) is 39.4 Å². The van der Waals surface area contributed by atoms with Gasteiger partial charge in [0, 0.05) is 38.4 Å². The molecule has 0 spiro atoms. The van der Waals surface area contributed by atoms with Crippen molar-refractivity contribution >= 4 is 11.6 Å². The summed E-state index contributed by atoms with van der Waals surface area (Å²) in [4.78, 5) is 18.0. The maximum Gasteiger partial charge on any atom is 0.225 e.